The first-order valence-corrected chi connectivity index (χ1v) is 7.41. The predicted molar refractivity (Wildman–Crippen MR) is 89.6 cm³/mol. The molecule has 3 aromatic rings. The number of guanidine groups is 1. The molecule has 0 aliphatic carbocycles. The summed E-state index contributed by atoms with van der Waals surface area (Å²) in [5.74, 6) is 0.948. The molecule has 1 atom stereocenters. The summed E-state index contributed by atoms with van der Waals surface area (Å²) >= 11 is 12.3. The Morgan fingerprint density at radius 1 is 1.14 bits per heavy atom. The van der Waals surface area contributed by atoms with E-state index in [9.17, 15) is 0 Å². The normalized spacial score (nSPS) is 17.0. The molecule has 0 saturated heterocycles. The Labute approximate surface area is 136 Å². The number of nitrogens with one attached hydrogen (secondary N) is 1. The smallest absolute Gasteiger partial charge is 0.212 e. The summed E-state index contributed by atoms with van der Waals surface area (Å²) in [5.41, 5.74) is 8.54. The Bertz CT molecular complexity index is 915. The molecule has 110 valence electrons. The number of fused-ring (bicyclic) bond motifs is 3. The number of halogens is 2. The van der Waals surface area contributed by atoms with Gasteiger partial charge in [-0.15, -0.1) is 0 Å². The van der Waals surface area contributed by atoms with E-state index >= 15 is 0 Å². The lowest BCUT2D eigenvalue weighted by molar-refractivity contribution is 0.626. The minimum Gasteiger partial charge on any atom is -0.370 e. The van der Waals surface area contributed by atoms with Gasteiger partial charge in [-0.1, -0.05) is 41.4 Å². The van der Waals surface area contributed by atoms with Gasteiger partial charge in [0.25, 0.3) is 0 Å². The molecule has 0 amide bonds. The highest BCUT2D eigenvalue weighted by molar-refractivity contribution is 6.35. The third-order valence-electron chi connectivity index (χ3n) is 3.58. The van der Waals surface area contributed by atoms with E-state index in [0.717, 1.165) is 16.6 Å². The van der Waals surface area contributed by atoms with Gasteiger partial charge in [0.15, 0.2) is 12.1 Å². The number of aliphatic imine (C=N–C) groups is 1. The molecule has 0 bridgehead atoms. The van der Waals surface area contributed by atoms with Crippen LogP contribution in [0.1, 0.15) is 11.7 Å². The largest absolute Gasteiger partial charge is 0.370 e. The Morgan fingerprint density at radius 2 is 1.95 bits per heavy atom. The zero-order valence-electron chi connectivity index (χ0n) is 11.3. The van der Waals surface area contributed by atoms with Gasteiger partial charge >= 0.3 is 0 Å². The lowest BCUT2D eigenvalue weighted by Crippen LogP contribution is -2.31. The van der Waals surface area contributed by atoms with Crippen LogP contribution in [0.5, 0.6) is 0 Å². The van der Waals surface area contributed by atoms with E-state index in [1.807, 2.05) is 34.9 Å². The molecular formula is C15H11Cl2N5. The Kier molecular flexibility index (Phi) is 2.99. The zero-order valence-corrected chi connectivity index (χ0v) is 12.8. The molecule has 0 fully saturated rings. The van der Waals surface area contributed by atoms with Crippen molar-refractivity contribution >= 4 is 46.1 Å². The lowest BCUT2D eigenvalue weighted by Gasteiger charge is -2.24. The van der Waals surface area contributed by atoms with Gasteiger partial charge in [-0.3, -0.25) is 9.88 Å². The number of hydrogen-bond acceptors (Lipinski definition) is 4. The van der Waals surface area contributed by atoms with E-state index in [1.54, 1.807) is 12.1 Å². The van der Waals surface area contributed by atoms with E-state index in [0.29, 0.717) is 22.0 Å². The van der Waals surface area contributed by atoms with Crippen molar-refractivity contribution in [2.75, 3.05) is 5.32 Å². The van der Waals surface area contributed by atoms with E-state index < -0.39 is 0 Å². The Morgan fingerprint density at radius 3 is 2.77 bits per heavy atom. The van der Waals surface area contributed by atoms with Gasteiger partial charge in [-0.25, -0.2) is 9.98 Å². The molecule has 3 N–H and O–H groups in total. The molecule has 0 spiro atoms. The predicted octanol–water partition coefficient (Wildman–Crippen LogP) is 3.63. The maximum absolute atomic E-state index is 6.35. The molecule has 2 heterocycles. The van der Waals surface area contributed by atoms with Crippen LogP contribution in [0.2, 0.25) is 10.0 Å². The van der Waals surface area contributed by atoms with Crippen LogP contribution in [0, 0.1) is 0 Å². The number of imidazole rings is 1. The fourth-order valence-electron chi connectivity index (χ4n) is 2.64. The second-order valence-corrected chi connectivity index (χ2v) is 5.82. The maximum atomic E-state index is 6.35. The third-order valence-corrected chi connectivity index (χ3v) is 4.14. The van der Waals surface area contributed by atoms with Gasteiger partial charge in [0.1, 0.15) is 0 Å². The van der Waals surface area contributed by atoms with Gasteiger partial charge in [0, 0.05) is 15.6 Å². The van der Waals surface area contributed by atoms with Crippen LogP contribution in [0.25, 0.3) is 11.0 Å². The van der Waals surface area contributed by atoms with Crippen molar-refractivity contribution in [3.63, 3.8) is 0 Å². The summed E-state index contributed by atoms with van der Waals surface area (Å²) < 4.78 is 1.97. The van der Waals surface area contributed by atoms with Gasteiger partial charge < -0.3 is 5.73 Å². The van der Waals surface area contributed by atoms with Crippen LogP contribution in [0.15, 0.2) is 47.5 Å². The molecule has 22 heavy (non-hydrogen) atoms. The molecule has 4 rings (SSSR count). The van der Waals surface area contributed by atoms with Crippen molar-refractivity contribution < 1.29 is 0 Å². The molecule has 5 nitrogen and oxygen atoms in total. The minimum atomic E-state index is -0.381. The summed E-state index contributed by atoms with van der Waals surface area (Å²) in [5, 5.41) is 4.11. The van der Waals surface area contributed by atoms with Crippen LogP contribution >= 0.6 is 23.2 Å². The van der Waals surface area contributed by atoms with E-state index in [2.05, 4.69) is 15.3 Å². The number of rotatable bonds is 1. The van der Waals surface area contributed by atoms with E-state index in [1.165, 1.54) is 0 Å². The van der Waals surface area contributed by atoms with Crippen LogP contribution in [-0.2, 0) is 0 Å². The number of hydrogen-bond donors (Lipinski definition) is 2. The zero-order chi connectivity index (χ0) is 15.3. The first kappa shape index (κ1) is 13.4. The van der Waals surface area contributed by atoms with Crippen LogP contribution in [0.3, 0.4) is 0 Å². The van der Waals surface area contributed by atoms with Crippen LogP contribution in [0.4, 0.5) is 5.95 Å². The van der Waals surface area contributed by atoms with Crippen LogP contribution in [-0.4, -0.2) is 15.5 Å². The number of para-hydroxylation sites is 2. The quantitative estimate of drug-likeness (QED) is 0.715. The topological polar surface area (TPSA) is 68.2 Å². The standard InChI is InChI=1S/C15H11Cl2N5/c16-8-5-6-9(10(17)7-8)13-20-14(18)21-15-19-11-3-1-2-4-12(11)22(13)15/h1-7,13H,(H3,18,19,20,21)/t13-/m0/s1. The number of nitrogens with two attached hydrogens (primary N) is 1. The molecule has 1 aromatic heterocycles. The summed E-state index contributed by atoms with van der Waals surface area (Å²) in [6, 6.07) is 13.2. The fraction of sp³-hybridized carbons (Fsp3) is 0.0667. The van der Waals surface area contributed by atoms with Crippen molar-refractivity contribution in [3.8, 4) is 0 Å². The molecule has 2 aromatic carbocycles. The van der Waals surface area contributed by atoms with Gasteiger partial charge in [0.05, 0.1) is 11.0 Å². The van der Waals surface area contributed by atoms with Crippen molar-refractivity contribution in [2.45, 2.75) is 6.17 Å². The Balaban J connectivity index is 1.98. The molecule has 0 unspecified atom stereocenters. The van der Waals surface area contributed by atoms with Gasteiger partial charge in [-0.2, -0.15) is 0 Å². The highest BCUT2D eigenvalue weighted by Gasteiger charge is 2.26. The molecule has 1 aliphatic heterocycles. The molecule has 0 saturated carbocycles. The van der Waals surface area contributed by atoms with E-state index in [-0.39, 0.29) is 6.17 Å². The number of aromatic nitrogens is 2. The first-order valence-electron chi connectivity index (χ1n) is 6.66. The second-order valence-electron chi connectivity index (χ2n) is 4.97. The summed E-state index contributed by atoms with van der Waals surface area (Å²) in [7, 11) is 0. The first-order chi connectivity index (χ1) is 10.6. The third kappa shape index (κ3) is 2.01. The highest BCUT2D eigenvalue weighted by Crippen LogP contribution is 2.36. The number of benzene rings is 2. The molecule has 0 radical (unpaired) electrons. The van der Waals surface area contributed by atoms with Crippen molar-refractivity contribution in [3.05, 3.63) is 58.1 Å². The van der Waals surface area contributed by atoms with Crippen molar-refractivity contribution in [1.29, 1.82) is 0 Å². The summed E-state index contributed by atoms with van der Waals surface area (Å²) in [6.07, 6.45) is -0.381. The van der Waals surface area contributed by atoms with Crippen molar-refractivity contribution in [1.82, 2.24) is 9.55 Å². The fourth-order valence-corrected chi connectivity index (χ4v) is 3.14. The SMILES string of the molecule is NC1=N[C@H](c2ccc(Cl)cc2Cl)n2c(nc3ccccc32)N1. The summed E-state index contributed by atoms with van der Waals surface area (Å²) in [6.45, 7) is 0. The minimum absolute atomic E-state index is 0.304. The monoisotopic (exact) mass is 331 g/mol. The molecule has 1 aliphatic rings. The average molecular weight is 332 g/mol. The second kappa shape index (κ2) is 4.90. The number of nitrogens with zero attached hydrogens (tertiary/aromatic N) is 3. The van der Waals surface area contributed by atoms with E-state index in [4.69, 9.17) is 28.9 Å². The molecular weight excluding hydrogens is 321 g/mol. The van der Waals surface area contributed by atoms with Crippen molar-refractivity contribution in [2.24, 2.45) is 10.7 Å². The number of anilines is 1. The molecule has 7 heteroatoms. The average Bonchev–Trinajstić information content (AvgIpc) is 2.84. The lowest BCUT2D eigenvalue weighted by atomic mass is 10.1. The van der Waals surface area contributed by atoms with Gasteiger partial charge in [-0.05, 0) is 24.3 Å². The highest BCUT2D eigenvalue weighted by atomic mass is 35.5. The summed E-state index contributed by atoms with van der Waals surface area (Å²) in [4.78, 5) is 9.03. The Hall–Kier alpha value is -2.24. The van der Waals surface area contributed by atoms with Gasteiger partial charge in [0.2, 0.25) is 5.95 Å². The maximum Gasteiger partial charge on any atom is 0.212 e. The van der Waals surface area contributed by atoms with Crippen LogP contribution < -0.4 is 11.1 Å².